The van der Waals surface area contributed by atoms with Gasteiger partial charge in [-0.1, -0.05) is 18.2 Å². The van der Waals surface area contributed by atoms with Crippen LogP contribution in [0.15, 0.2) is 67.0 Å². The van der Waals surface area contributed by atoms with Gasteiger partial charge >= 0.3 is 0 Å². The number of amides is 3. The lowest BCUT2D eigenvalue weighted by atomic mass is 10.1. The number of hydrogen-bond donors (Lipinski definition) is 3. The lowest BCUT2D eigenvalue weighted by Crippen LogP contribution is -2.17. The molecule has 1 aromatic heterocycles. The van der Waals surface area contributed by atoms with Gasteiger partial charge in [-0.25, -0.2) is 4.39 Å². The zero-order chi connectivity index (χ0) is 20.8. The number of nitrogens with one attached hydrogen (secondary N) is 3. The van der Waals surface area contributed by atoms with E-state index < -0.39 is 17.6 Å². The Morgan fingerprint density at radius 3 is 2.07 bits per heavy atom. The van der Waals surface area contributed by atoms with Gasteiger partial charge in [-0.3, -0.25) is 19.4 Å². The quantitative estimate of drug-likeness (QED) is 0.617. The number of carbonyl (C=O) groups excluding carboxylic acids is 3. The van der Waals surface area contributed by atoms with E-state index in [2.05, 4.69) is 20.9 Å². The predicted molar refractivity (Wildman–Crippen MR) is 107 cm³/mol. The van der Waals surface area contributed by atoms with Gasteiger partial charge in [-0.05, 0) is 36.4 Å². The van der Waals surface area contributed by atoms with Gasteiger partial charge in [0.1, 0.15) is 5.82 Å². The number of carbonyl (C=O) groups is 3. The fourth-order valence-corrected chi connectivity index (χ4v) is 2.53. The minimum absolute atomic E-state index is 0.0298. The van der Waals surface area contributed by atoms with Crippen molar-refractivity contribution in [3.8, 4) is 0 Å². The van der Waals surface area contributed by atoms with Crippen LogP contribution in [0.2, 0.25) is 0 Å². The summed E-state index contributed by atoms with van der Waals surface area (Å²) in [6.07, 6.45) is 2.59. The molecule has 0 saturated carbocycles. The van der Waals surface area contributed by atoms with E-state index in [-0.39, 0.29) is 22.7 Å². The van der Waals surface area contributed by atoms with Crippen LogP contribution in [0.4, 0.5) is 21.5 Å². The minimum atomic E-state index is -0.593. The topological polar surface area (TPSA) is 100 Å². The zero-order valence-corrected chi connectivity index (χ0v) is 15.4. The van der Waals surface area contributed by atoms with Crippen LogP contribution < -0.4 is 16.0 Å². The van der Waals surface area contributed by atoms with Gasteiger partial charge in [0.15, 0.2) is 0 Å². The second-order valence-corrected chi connectivity index (χ2v) is 6.11. The molecule has 29 heavy (non-hydrogen) atoms. The van der Waals surface area contributed by atoms with Crippen molar-refractivity contribution in [3.63, 3.8) is 0 Å². The molecule has 0 fully saturated rings. The molecule has 0 spiro atoms. The summed E-state index contributed by atoms with van der Waals surface area (Å²) < 4.78 is 13.7. The summed E-state index contributed by atoms with van der Waals surface area (Å²) in [6, 6.07) is 13.7. The number of hydrogen-bond acceptors (Lipinski definition) is 4. The Morgan fingerprint density at radius 2 is 1.41 bits per heavy atom. The van der Waals surface area contributed by atoms with Crippen LogP contribution in [0.25, 0.3) is 0 Å². The number of anilines is 3. The Kier molecular flexibility index (Phi) is 5.94. The molecule has 0 radical (unpaired) electrons. The third-order valence-electron chi connectivity index (χ3n) is 3.83. The van der Waals surface area contributed by atoms with Crippen molar-refractivity contribution in [1.82, 2.24) is 4.98 Å². The molecule has 0 saturated heterocycles. The highest BCUT2D eigenvalue weighted by Gasteiger charge is 2.13. The first-order valence-corrected chi connectivity index (χ1v) is 8.62. The fraction of sp³-hybridized carbons (Fsp3) is 0.0476. The number of benzene rings is 2. The molecule has 146 valence electrons. The molecule has 3 N–H and O–H groups in total. The van der Waals surface area contributed by atoms with Crippen molar-refractivity contribution in [2.24, 2.45) is 0 Å². The van der Waals surface area contributed by atoms with Crippen molar-refractivity contribution in [1.29, 1.82) is 0 Å². The van der Waals surface area contributed by atoms with E-state index in [1.165, 1.54) is 43.6 Å². The number of para-hydroxylation sites is 1. The third-order valence-corrected chi connectivity index (χ3v) is 3.83. The van der Waals surface area contributed by atoms with E-state index in [9.17, 15) is 18.8 Å². The van der Waals surface area contributed by atoms with E-state index in [1.807, 2.05) is 0 Å². The van der Waals surface area contributed by atoms with E-state index in [4.69, 9.17) is 0 Å². The Hall–Kier alpha value is -4.07. The van der Waals surface area contributed by atoms with Crippen LogP contribution in [-0.4, -0.2) is 22.7 Å². The summed E-state index contributed by atoms with van der Waals surface area (Å²) in [5.74, 6) is -1.88. The second kappa shape index (κ2) is 8.75. The molecule has 7 nitrogen and oxygen atoms in total. The van der Waals surface area contributed by atoms with Crippen LogP contribution in [0.1, 0.15) is 27.6 Å². The molecule has 0 aliphatic heterocycles. The summed E-state index contributed by atoms with van der Waals surface area (Å²) in [5.41, 5.74) is 1.28. The van der Waals surface area contributed by atoms with Crippen LogP contribution in [0.5, 0.6) is 0 Å². The maximum atomic E-state index is 13.7. The summed E-state index contributed by atoms with van der Waals surface area (Å²) in [4.78, 5) is 39.9. The van der Waals surface area contributed by atoms with Crippen molar-refractivity contribution < 1.29 is 18.8 Å². The van der Waals surface area contributed by atoms with Crippen molar-refractivity contribution in [3.05, 3.63) is 83.9 Å². The zero-order valence-electron chi connectivity index (χ0n) is 15.4. The molecule has 8 heteroatoms. The Bertz CT molecular complexity index is 1080. The predicted octanol–water partition coefficient (Wildman–Crippen LogP) is 3.68. The summed E-state index contributed by atoms with van der Waals surface area (Å²) in [6.45, 7) is 1.38. The van der Waals surface area contributed by atoms with Gasteiger partial charge in [0.2, 0.25) is 5.91 Å². The van der Waals surface area contributed by atoms with Crippen LogP contribution in [-0.2, 0) is 4.79 Å². The lowest BCUT2D eigenvalue weighted by molar-refractivity contribution is -0.114. The lowest BCUT2D eigenvalue weighted by Gasteiger charge is -2.09. The van der Waals surface area contributed by atoms with Crippen molar-refractivity contribution in [2.45, 2.75) is 6.92 Å². The average Bonchev–Trinajstić information content (AvgIpc) is 2.69. The van der Waals surface area contributed by atoms with Crippen LogP contribution >= 0.6 is 0 Å². The molecule has 3 aromatic rings. The average molecular weight is 392 g/mol. The largest absolute Gasteiger partial charge is 0.326 e. The number of aromatic nitrogens is 1. The van der Waals surface area contributed by atoms with Crippen LogP contribution in [0.3, 0.4) is 0 Å². The molecule has 0 bridgehead atoms. The minimum Gasteiger partial charge on any atom is -0.326 e. The highest BCUT2D eigenvalue weighted by molar-refractivity contribution is 6.08. The van der Waals surface area contributed by atoms with E-state index in [1.54, 1.807) is 30.3 Å². The summed E-state index contributed by atoms with van der Waals surface area (Å²) >= 11 is 0. The van der Waals surface area contributed by atoms with Gasteiger partial charge in [-0.15, -0.1) is 0 Å². The number of rotatable bonds is 5. The van der Waals surface area contributed by atoms with Gasteiger partial charge in [0.25, 0.3) is 11.8 Å². The maximum Gasteiger partial charge on any atom is 0.257 e. The number of pyridine rings is 1. The summed E-state index contributed by atoms with van der Waals surface area (Å²) in [7, 11) is 0. The highest BCUT2D eigenvalue weighted by Crippen LogP contribution is 2.17. The summed E-state index contributed by atoms with van der Waals surface area (Å²) in [5, 5.41) is 7.74. The van der Waals surface area contributed by atoms with Gasteiger partial charge in [-0.2, -0.15) is 0 Å². The third kappa shape index (κ3) is 5.23. The fourth-order valence-electron chi connectivity index (χ4n) is 2.53. The normalized spacial score (nSPS) is 10.1. The van der Waals surface area contributed by atoms with Crippen LogP contribution in [0, 0.1) is 5.82 Å². The monoisotopic (exact) mass is 392 g/mol. The first-order valence-electron chi connectivity index (χ1n) is 8.62. The number of nitrogens with zero attached hydrogens (tertiary/aromatic N) is 1. The SMILES string of the molecule is CC(=O)Nc1cccc(NC(=O)c2cncc(C(=O)Nc3ccccc3F)c2)c1. The number of halogens is 1. The second-order valence-electron chi connectivity index (χ2n) is 6.11. The molecular weight excluding hydrogens is 375 g/mol. The molecule has 0 unspecified atom stereocenters. The standard InChI is InChI=1S/C21H17FN4O3/c1-13(27)24-16-5-4-6-17(10-16)25-20(28)14-9-15(12-23-11-14)21(29)26-19-8-3-2-7-18(19)22/h2-12H,1H3,(H,24,27)(H,25,28)(H,26,29). The molecule has 3 rings (SSSR count). The Labute approximate surface area is 166 Å². The van der Waals surface area contributed by atoms with E-state index in [0.29, 0.717) is 11.4 Å². The van der Waals surface area contributed by atoms with E-state index >= 15 is 0 Å². The smallest absolute Gasteiger partial charge is 0.257 e. The van der Waals surface area contributed by atoms with Gasteiger partial charge < -0.3 is 16.0 Å². The van der Waals surface area contributed by atoms with Crippen molar-refractivity contribution >= 4 is 34.8 Å². The Balaban J connectivity index is 1.73. The first-order chi connectivity index (χ1) is 13.9. The van der Waals surface area contributed by atoms with Gasteiger partial charge in [0.05, 0.1) is 16.8 Å². The molecule has 0 atom stereocenters. The maximum absolute atomic E-state index is 13.7. The molecule has 3 amide bonds. The first kappa shape index (κ1) is 19.7. The van der Waals surface area contributed by atoms with Gasteiger partial charge in [0, 0.05) is 30.7 Å². The molecule has 2 aromatic carbocycles. The molecule has 0 aliphatic carbocycles. The molecule has 0 aliphatic rings. The molecule has 1 heterocycles. The Morgan fingerprint density at radius 1 is 0.793 bits per heavy atom. The highest BCUT2D eigenvalue weighted by atomic mass is 19.1. The van der Waals surface area contributed by atoms with E-state index in [0.717, 1.165) is 0 Å². The molecular formula is C21H17FN4O3. The van der Waals surface area contributed by atoms with Crippen molar-refractivity contribution in [2.75, 3.05) is 16.0 Å².